The Kier molecular flexibility index (Phi) is 9.73. The van der Waals surface area contributed by atoms with Gasteiger partial charge in [0.25, 0.3) is 9.84 Å². The molecular weight excluding hydrogens is 613 g/mol. The maximum Gasteiger partial charge on any atom is 0.500 e. The normalized spacial score (nSPS) is 23.8. The molecule has 3 aromatic carbocycles. The Morgan fingerprint density at radius 3 is 1.66 bits per heavy atom. The van der Waals surface area contributed by atoms with Gasteiger partial charge in [-0.15, -0.1) is 0 Å². The Balaban J connectivity index is 1.82. The number of ether oxygens (including phenoxy) is 5. The highest BCUT2D eigenvalue weighted by Gasteiger charge is 2.73. The van der Waals surface area contributed by atoms with Gasteiger partial charge in [0.2, 0.25) is 4.93 Å². The molecule has 11 nitrogen and oxygen atoms in total. The quantitative estimate of drug-likeness (QED) is 0.272. The standard InChI is InChI=1S/C29H25F3O11S/c1-39-27-22(42-25(34)19-13-7-3-8-14-19)23(43-26(35)20-15-9-4-10-16-20)28(36,44(37,38)29(30,31)32)21(41-27)17-40-24(33)18-11-5-2-6-12-18/h2-16,21-23,27,36H,17H2,1H3/t21-,22-,23-,27+,28+/m1/s1. The Labute approximate surface area is 249 Å². The van der Waals surface area contributed by atoms with Crippen LogP contribution in [0.4, 0.5) is 13.2 Å². The average Bonchev–Trinajstić information content (AvgIpc) is 3.02. The van der Waals surface area contributed by atoms with E-state index in [1.54, 1.807) is 12.1 Å². The summed E-state index contributed by atoms with van der Waals surface area (Å²) in [5, 5.41) is 11.7. The number of carbonyl (C=O) groups excluding carboxylic acids is 3. The number of carbonyl (C=O) groups is 3. The van der Waals surface area contributed by atoms with Gasteiger partial charge < -0.3 is 28.8 Å². The molecule has 1 heterocycles. The third kappa shape index (κ3) is 6.45. The molecule has 4 rings (SSSR count). The van der Waals surface area contributed by atoms with Crippen molar-refractivity contribution in [3.05, 3.63) is 108 Å². The second-order valence-corrected chi connectivity index (χ2v) is 11.4. The first-order chi connectivity index (χ1) is 20.8. The Hall–Kier alpha value is -4.31. The lowest BCUT2D eigenvalue weighted by Gasteiger charge is -2.48. The summed E-state index contributed by atoms with van der Waals surface area (Å²) in [5.41, 5.74) is -6.61. The van der Waals surface area contributed by atoms with Crippen molar-refractivity contribution in [1.29, 1.82) is 0 Å². The van der Waals surface area contributed by atoms with Crippen molar-refractivity contribution in [3.8, 4) is 0 Å². The average molecular weight is 639 g/mol. The molecule has 0 bridgehead atoms. The monoisotopic (exact) mass is 638 g/mol. The van der Waals surface area contributed by atoms with E-state index in [2.05, 4.69) is 0 Å². The summed E-state index contributed by atoms with van der Waals surface area (Å²) >= 11 is 0. The molecule has 1 aliphatic heterocycles. The highest BCUT2D eigenvalue weighted by atomic mass is 32.2. The zero-order chi connectivity index (χ0) is 32.1. The zero-order valence-corrected chi connectivity index (χ0v) is 23.6. The number of methoxy groups -OCH3 is 1. The fraction of sp³-hybridized carbons (Fsp3) is 0.276. The van der Waals surface area contributed by atoms with Crippen molar-refractivity contribution >= 4 is 27.7 Å². The molecule has 1 N–H and O–H groups in total. The molecule has 5 atom stereocenters. The van der Waals surface area contributed by atoms with Crippen molar-refractivity contribution in [1.82, 2.24) is 0 Å². The van der Waals surface area contributed by atoms with E-state index in [4.69, 9.17) is 23.7 Å². The molecular formula is C29H25F3O11S. The smallest absolute Gasteiger partial charge is 0.459 e. The lowest BCUT2D eigenvalue weighted by atomic mass is 9.97. The van der Waals surface area contributed by atoms with Crippen molar-refractivity contribution in [2.24, 2.45) is 0 Å². The van der Waals surface area contributed by atoms with Crippen LogP contribution in [-0.4, -0.2) is 80.2 Å². The molecule has 0 aliphatic carbocycles. The fourth-order valence-electron chi connectivity index (χ4n) is 4.36. The molecule has 1 saturated heterocycles. The van der Waals surface area contributed by atoms with Gasteiger partial charge in [0.05, 0.1) is 16.7 Å². The van der Waals surface area contributed by atoms with Crippen LogP contribution < -0.4 is 0 Å². The van der Waals surface area contributed by atoms with Gasteiger partial charge in [0.1, 0.15) is 12.7 Å². The number of sulfone groups is 1. The highest BCUT2D eigenvalue weighted by molar-refractivity contribution is 7.93. The van der Waals surface area contributed by atoms with Crippen LogP contribution in [0.1, 0.15) is 31.1 Å². The van der Waals surface area contributed by atoms with Crippen LogP contribution >= 0.6 is 0 Å². The van der Waals surface area contributed by atoms with Gasteiger partial charge in [-0.1, -0.05) is 54.6 Å². The third-order valence-electron chi connectivity index (χ3n) is 6.57. The number of hydrogen-bond donors (Lipinski definition) is 1. The van der Waals surface area contributed by atoms with Gasteiger partial charge in [-0.25, -0.2) is 22.8 Å². The number of alkyl halides is 3. The first-order valence-electron chi connectivity index (χ1n) is 12.8. The van der Waals surface area contributed by atoms with Crippen molar-refractivity contribution < 1.29 is 64.8 Å². The van der Waals surface area contributed by atoms with Crippen molar-refractivity contribution in [3.63, 3.8) is 0 Å². The number of benzene rings is 3. The Bertz CT molecular complexity index is 1570. The summed E-state index contributed by atoms with van der Waals surface area (Å²) in [4.78, 5) is 34.5. The molecule has 0 unspecified atom stereocenters. The molecule has 0 aromatic heterocycles. The maximum absolute atomic E-state index is 14.2. The molecule has 15 heteroatoms. The van der Waals surface area contributed by atoms with Crippen molar-refractivity contribution in [2.45, 2.75) is 35.0 Å². The molecule has 3 aromatic rings. The molecule has 234 valence electrons. The molecule has 0 spiro atoms. The Morgan fingerprint density at radius 2 is 1.23 bits per heavy atom. The summed E-state index contributed by atoms with van der Waals surface area (Å²) in [6.07, 6.45) is -9.62. The van der Waals surface area contributed by atoms with Crippen LogP contribution in [0.15, 0.2) is 91.0 Å². The predicted molar refractivity (Wildman–Crippen MR) is 144 cm³/mol. The van der Waals surface area contributed by atoms with E-state index in [9.17, 15) is 41.1 Å². The molecule has 44 heavy (non-hydrogen) atoms. The van der Waals surface area contributed by atoms with E-state index >= 15 is 0 Å². The van der Waals surface area contributed by atoms with Gasteiger partial charge in [0, 0.05) is 7.11 Å². The van der Waals surface area contributed by atoms with Gasteiger partial charge in [-0.3, -0.25) is 0 Å². The molecule has 1 aliphatic rings. The lowest BCUT2D eigenvalue weighted by molar-refractivity contribution is -0.304. The SMILES string of the molecule is CO[C@H]1O[C@H](COC(=O)c2ccccc2)[C@](O)(S(=O)(=O)C(F)(F)F)[C@H](OC(=O)c2ccccc2)[C@H]1OC(=O)c1ccccc1. The van der Waals surface area contributed by atoms with Gasteiger partial charge >= 0.3 is 23.4 Å². The van der Waals surface area contributed by atoms with E-state index in [1.807, 2.05) is 0 Å². The van der Waals surface area contributed by atoms with E-state index < -0.39 is 69.4 Å². The molecule has 0 amide bonds. The largest absolute Gasteiger partial charge is 0.500 e. The Morgan fingerprint density at radius 1 is 0.795 bits per heavy atom. The van der Waals surface area contributed by atoms with Gasteiger partial charge in [-0.2, -0.15) is 13.2 Å². The van der Waals surface area contributed by atoms with Crippen LogP contribution in [0.2, 0.25) is 0 Å². The van der Waals surface area contributed by atoms with E-state index in [-0.39, 0.29) is 16.7 Å². The van der Waals surface area contributed by atoms with Crippen molar-refractivity contribution in [2.75, 3.05) is 13.7 Å². The van der Waals surface area contributed by atoms with Gasteiger partial charge in [-0.05, 0) is 36.4 Å². The van der Waals surface area contributed by atoms with Crippen LogP contribution in [0.3, 0.4) is 0 Å². The minimum atomic E-state index is -6.79. The maximum atomic E-state index is 14.2. The second kappa shape index (κ2) is 13.1. The second-order valence-electron chi connectivity index (χ2n) is 9.32. The highest BCUT2D eigenvalue weighted by Crippen LogP contribution is 2.44. The minimum Gasteiger partial charge on any atom is -0.459 e. The van der Waals surface area contributed by atoms with Crippen LogP contribution in [-0.2, 0) is 33.5 Å². The van der Waals surface area contributed by atoms with Gasteiger partial charge in [0.15, 0.2) is 18.5 Å². The van der Waals surface area contributed by atoms with Crippen LogP contribution in [0.25, 0.3) is 0 Å². The summed E-state index contributed by atoms with van der Waals surface area (Å²) < 4.78 is 94.9. The van der Waals surface area contributed by atoms with Crippen LogP contribution in [0.5, 0.6) is 0 Å². The molecule has 1 fully saturated rings. The summed E-state index contributed by atoms with van der Waals surface area (Å²) in [7, 11) is -5.82. The van der Waals surface area contributed by atoms with E-state index in [0.29, 0.717) is 0 Å². The summed E-state index contributed by atoms with van der Waals surface area (Å²) in [6.45, 7) is -1.29. The minimum absolute atomic E-state index is 0.0597. The number of halogens is 3. The van der Waals surface area contributed by atoms with Crippen LogP contribution in [0, 0.1) is 0 Å². The topological polar surface area (TPSA) is 152 Å². The first kappa shape index (κ1) is 32.6. The number of aliphatic hydroxyl groups is 1. The van der Waals surface area contributed by atoms with E-state index in [1.165, 1.54) is 78.9 Å². The number of rotatable bonds is 9. The molecule has 0 saturated carbocycles. The fourth-order valence-corrected chi connectivity index (χ4v) is 5.69. The number of hydrogen-bond acceptors (Lipinski definition) is 11. The molecule has 0 radical (unpaired) electrons. The number of esters is 3. The lowest BCUT2D eigenvalue weighted by Crippen LogP contribution is -2.73. The summed E-state index contributed by atoms with van der Waals surface area (Å²) in [6, 6.07) is 20.8. The van der Waals surface area contributed by atoms with E-state index in [0.717, 1.165) is 7.11 Å². The predicted octanol–water partition coefficient (Wildman–Crippen LogP) is 3.29. The summed E-state index contributed by atoms with van der Waals surface area (Å²) in [5.74, 6) is -3.70. The first-order valence-corrected chi connectivity index (χ1v) is 14.2. The zero-order valence-electron chi connectivity index (χ0n) is 22.7. The third-order valence-corrected chi connectivity index (χ3v) is 8.54.